The van der Waals surface area contributed by atoms with Crippen LogP contribution in [0.25, 0.3) is 0 Å². The Morgan fingerprint density at radius 2 is 0.855 bits per heavy atom. The summed E-state index contributed by atoms with van der Waals surface area (Å²) >= 11 is 0. The molecule has 2 aromatic rings. The molecule has 0 saturated carbocycles. The molecule has 0 spiro atoms. The monoisotopic (exact) mass is 1070 g/mol. The number of carboxylic acid groups (broad SMARTS) is 2. The summed E-state index contributed by atoms with van der Waals surface area (Å²) in [7, 11) is 0. The number of nitrogens with one attached hydrogen (secondary N) is 8. The van der Waals surface area contributed by atoms with Crippen molar-refractivity contribution in [2.24, 2.45) is 11.5 Å². The fourth-order valence-electron chi connectivity index (χ4n) is 8.14. The average Bonchev–Trinajstić information content (AvgIpc) is 3.36. The number of amides is 7. The Balaban J connectivity index is 2.43. The van der Waals surface area contributed by atoms with E-state index in [2.05, 4.69) is 44.1 Å². The molecular weight excluding hydrogens is 985 g/mol. The average molecular weight is 1070 g/mol. The van der Waals surface area contributed by atoms with Crippen LogP contribution in [0, 0.1) is 5.41 Å². The van der Waals surface area contributed by atoms with Crippen molar-refractivity contribution < 1.29 is 63.6 Å². The SMILES string of the molecule is CCCCCCCCCCCCCC(=O)N[C@@H](CCC(=O)O)C(=O)N[C@@H](CC(=O)O)C(=O)N[C@@H](Cc1ccc(O)cc1)C(=O)N[C@@H](Cc1ccc(O)cc1)C(=O)N[C@@H](CCCNC(=N)N)C(=O)N[C@@H](CCCC)C(N)=O. The molecular formula is C53H82N10O13. The number of unbranched alkanes of at least 4 members (excludes halogenated alkanes) is 11. The summed E-state index contributed by atoms with van der Waals surface area (Å²) in [5.74, 6) is -9.66. The zero-order valence-corrected chi connectivity index (χ0v) is 44.0. The van der Waals surface area contributed by atoms with Crippen LogP contribution in [0.3, 0.4) is 0 Å². The van der Waals surface area contributed by atoms with Crippen LogP contribution in [0.15, 0.2) is 48.5 Å². The first kappa shape index (κ1) is 64.7. The van der Waals surface area contributed by atoms with E-state index in [0.717, 1.165) is 32.1 Å². The summed E-state index contributed by atoms with van der Waals surface area (Å²) in [4.78, 5) is 120. The number of aromatic hydroxyl groups is 2. The second-order valence-electron chi connectivity index (χ2n) is 19.0. The van der Waals surface area contributed by atoms with Crippen molar-refractivity contribution >= 4 is 59.2 Å². The van der Waals surface area contributed by atoms with E-state index in [-0.39, 0.29) is 62.5 Å². The Bertz CT molecular complexity index is 2180. The van der Waals surface area contributed by atoms with Gasteiger partial charge in [0, 0.05) is 32.2 Å². The molecule has 16 N–H and O–H groups in total. The maximum absolute atomic E-state index is 14.5. The van der Waals surface area contributed by atoms with Crippen LogP contribution in [0.4, 0.5) is 0 Å². The fourth-order valence-corrected chi connectivity index (χ4v) is 8.14. The summed E-state index contributed by atoms with van der Waals surface area (Å²) in [5.41, 5.74) is 11.8. The van der Waals surface area contributed by atoms with Crippen molar-refractivity contribution in [1.29, 1.82) is 5.41 Å². The van der Waals surface area contributed by atoms with E-state index in [1.165, 1.54) is 80.6 Å². The number of carbonyl (C=O) groups is 9. The molecule has 23 heteroatoms. The van der Waals surface area contributed by atoms with Crippen LogP contribution < -0.4 is 48.7 Å². The highest BCUT2D eigenvalue weighted by Gasteiger charge is 2.34. The molecule has 0 saturated heterocycles. The minimum atomic E-state index is -1.88. The van der Waals surface area contributed by atoms with E-state index >= 15 is 0 Å². The Hall–Kier alpha value is -7.46. The fraction of sp³-hybridized carbons (Fsp3) is 0.585. The molecule has 0 aliphatic rings. The number of aliphatic carboxylic acids is 2. The summed E-state index contributed by atoms with van der Waals surface area (Å²) in [6.07, 6.45) is 10.6. The number of carbonyl (C=O) groups excluding carboxylic acids is 7. The Labute approximate surface area is 444 Å². The first-order valence-corrected chi connectivity index (χ1v) is 26.4. The van der Waals surface area contributed by atoms with E-state index in [1.54, 1.807) is 0 Å². The molecule has 0 aromatic heterocycles. The highest BCUT2D eigenvalue weighted by Crippen LogP contribution is 2.16. The molecule has 0 radical (unpaired) electrons. The Kier molecular flexibility index (Phi) is 31.0. The van der Waals surface area contributed by atoms with Gasteiger partial charge >= 0.3 is 11.9 Å². The topological polar surface area (TPSA) is 395 Å². The van der Waals surface area contributed by atoms with E-state index in [9.17, 15) is 63.6 Å². The van der Waals surface area contributed by atoms with Crippen molar-refractivity contribution in [1.82, 2.24) is 37.2 Å². The van der Waals surface area contributed by atoms with Gasteiger partial charge in [0.05, 0.1) is 6.42 Å². The third-order valence-corrected chi connectivity index (χ3v) is 12.5. The van der Waals surface area contributed by atoms with Crippen LogP contribution in [0.1, 0.15) is 153 Å². The van der Waals surface area contributed by atoms with Crippen LogP contribution >= 0.6 is 0 Å². The highest BCUT2D eigenvalue weighted by atomic mass is 16.4. The molecule has 0 bridgehead atoms. The second-order valence-corrected chi connectivity index (χ2v) is 19.0. The lowest BCUT2D eigenvalue weighted by Crippen LogP contribution is -2.60. The minimum absolute atomic E-state index is 0.0357. The van der Waals surface area contributed by atoms with Gasteiger partial charge in [0.25, 0.3) is 0 Å². The number of nitrogens with two attached hydrogens (primary N) is 2. The first-order valence-electron chi connectivity index (χ1n) is 26.4. The van der Waals surface area contributed by atoms with Gasteiger partial charge in [-0.05, 0) is 67.5 Å². The Morgan fingerprint density at radius 1 is 0.461 bits per heavy atom. The van der Waals surface area contributed by atoms with Gasteiger partial charge in [-0.1, -0.05) is 115 Å². The molecule has 0 unspecified atom stereocenters. The number of rotatable bonds is 40. The van der Waals surface area contributed by atoms with Crippen molar-refractivity contribution in [3.05, 3.63) is 59.7 Å². The number of hydrogen-bond donors (Lipinski definition) is 14. The van der Waals surface area contributed by atoms with Gasteiger partial charge in [-0.25, -0.2) is 0 Å². The summed E-state index contributed by atoms with van der Waals surface area (Å²) in [5, 5.41) is 64.5. The molecule has 2 aromatic carbocycles. The van der Waals surface area contributed by atoms with Gasteiger partial charge in [-0.2, -0.15) is 0 Å². The standard InChI is InChI=1S/C53H82N10O13/c1-3-5-7-8-9-10-11-12-13-14-15-19-44(66)58-40(28-29-45(67)68)49(73)63-43(33-46(69)70)52(76)62-42(32-35-22-26-37(65)27-23-35)51(75)61-41(31-34-20-24-36(64)25-21-34)50(74)60-39(18-16-30-57-53(55)56)48(72)59-38(47(54)71)17-6-4-2/h20-27,38-43,64-65H,3-19,28-33H2,1-2H3,(H2,54,71)(H,58,66)(H,59,72)(H,60,74)(H,61,75)(H,62,76)(H,63,73)(H,67,68)(H,69,70)(H4,55,56,57)/t38-,39-,40-,41-,42-,43-/m0/s1. The number of benzene rings is 2. The van der Waals surface area contributed by atoms with Gasteiger partial charge < -0.3 is 69.1 Å². The maximum Gasteiger partial charge on any atom is 0.305 e. The van der Waals surface area contributed by atoms with Gasteiger partial charge in [0.1, 0.15) is 47.8 Å². The molecule has 76 heavy (non-hydrogen) atoms. The van der Waals surface area contributed by atoms with Crippen LogP contribution in [-0.4, -0.2) is 122 Å². The highest BCUT2D eigenvalue weighted by molar-refractivity contribution is 5.98. The van der Waals surface area contributed by atoms with Gasteiger partial charge in [-0.15, -0.1) is 0 Å². The summed E-state index contributed by atoms with van der Waals surface area (Å²) in [6.45, 7) is 4.18. The zero-order chi connectivity index (χ0) is 56.4. The lowest BCUT2D eigenvalue weighted by molar-refractivity contribution is -0.141. The van der Waals surface area contributed by atoms with E-state index < -0.39 is 109 Å². The number of primary amides is 1. The molecule has 2 rings (SSSR count). The van der Waals surface area contributed by atoms with Crippen molar-refractivity contribution in [3.8, 4) is 11.5 Å². The van der Waals surface area contributed by atoms with Gasteiger partial charge in [-0.3, -0.25) is 48.6 Å². The molecule has 422 valence electrons. The number of guanidine groups is 1. The summed E-state index contributed by atoms with van der Waals surface area (Å²) in [6, 6.07) is 2.22. The first-order chi connectivity index (χ1) is 36.2. The third-order valence-electron chi connectivity index (χ3n) is 12.5. The largest absolute Gasteiger partial charge is 0.508 e. The Morgan fingerprint density at radius 3 is 1.30 bits per heavy atom. The zero-order valence-electron chi connectivity index (χ0n) is 44.0. The number of phenols is 2. The third kappa shape index (κ3) is 27.7. The predicted molar refractivity (Wildman–Crippen MR) is 283 cm³/mol. The lowest BCUT2D eigenvalue weighted by atomic mass is 10.0. The maximum atomic E-state index is 14.5. The summed E-state index contributed by atoms with van der Waals surface area (Å²) < 4.78 is 0. The molecule has 0 aliphatic carbocycles. The van der Waals surface area contributed by atoms with Crippen LogP contribution in [0.5, 0.6) is 11.5 Å². The van der Waals surface area contributed by atoms with E-state index in [4.69, 9.17) is 16.9 Å². The second kappa shape index (κ2) is 36.5. The van der Waals surface area contributed by atoms with Gasteiger partial charge in [0.2, 0.25) is 41.4 Å². The van der Waals surface area contributed by atoms with Crippen molar-refractivity contribution in [2.75, 3.05) is 6.54 Å². The molecule has 0 fully saturated rings. The van der Waals surface area contributed by atoms with Crippen LogP contribution in [-0.2, 0) is 56.0 Å². The molecule has 6 atom stereocenters. The molecule has 23 nitrogen and oxygen atoms in total. The molecule has 0 heterocycles. The van der Waals surface area contributed by atoms with Crippen LogP contribution in [0.2, 0.25) is 0 Å². The predicted octanol–water partition coefficient (Wildman–Crippen LogP) is 2.77. The smallest absolute Gasteiger partial charge is 0.305 e. The molecule has 7 amide bonds. The normalized spacial score (nSPS) is 13.3. The van der Waals surface area contributed by atoms with E-state index in [0.29, 0.717) is 30.4 Å². The number of hydrogen-bond acceptors (Lipinski definition) is 12. The lowest BCUT2D eigenvalue weighted by Gasteiger charge is -2.27. The number of carboxylic acids is 2. The molecule has 0 aliphatic heterocycles. The van der Waals surface area contributed by atoms with Gasteiger partial charge in [0.15, 0.2) is 5.96 Å². The van der Waals surface area contributed by atoms with Crippen molar-refractivity contribution in [3.63, 3.8) is 0 Å². The van der Waals surface area contributed by atoms with E-state index in [1.807, 2.05) is 6.92 Å². The number of phenolic OH excluding ortho intramolecular Hbond substituents is 2. The van der Waals surface area contributed by atoms with Crippen molar-refractivity contribution in [2.45, 2.75) is 191 Å². The minimum Gasteiger partial charge on any atom is -0.508 e. The quantitative estimate of drug-likeness (QED) is 0.0259.